The quantitative estimate of drug-likeness (QED) is 0.314. The summed E-state index contributed by atoms with van der Waals surface area (Å²) in [6, 6.07) is 3.49. The van der Waals surface area contributed by atoms with E-state index in [1.54, 1.807) is 0 Å². The first-order valence-corrected chi connectivity index (χ1v) is 9.95. The van der Waals surface area contributed by atoms with Crippen LogP contribution in [0.25, 0.3) is 0 Å². The van der Waals surface area contributed by atoms with Gasteiger partial charge in [-0.25, -0.2) is 22.4 Å². The fourth-order valence-corrected chi connectivity index (χ4v) is 2.30. The van der Waals surface area contributed by atoms with Crippen molar-refractivity contribution in [3.05, 3.63) is 24.0 Å². The molecule has 12 heteroatoms. The van der Waals surface area contributed by atoms with Crippen molar-refractivity contribution in [1.29, 1.82) is 0 Å². The third-order valence-electron chi connectivity index (χ3n) is 3.05. The van der Waals surface area contributed by atoms with E-state index in [0.29, 0.717) is 13.2 Å². The largest absolute Gasteiger partial charge is 0.492 e. The van der Waals surface area contributed by atoms with Gasteiger partial charge in [-0.15, -0.1) is 0 Å². The maximum atomic E-state index is 13.2. The highest BCUT2D eigenvalue weighted by Crippen LogP contribution is 2.19. The molecule has 0 saturated heterocycles. The fraction of sp³-hybridized carbons (Fsp3) is 0.529. The number of hydrogen-bond acceptors (Lipinski definition) is 8. The van der Waals surface area contributed by atoms with Gasteiger partial charge in [0.1, 0.15) is 18.2 Å². The lowest BCUT2D eigenvalue weighted by atomic mass is 10.2. The van der Waals surface area contributed by atoms with E-state index in [1.165, 1.54) is 12.1 Å². The molecule has 0 radical (unpaired) electrons. The summed E-state index contributed by atoms with van der Waals surface area (Å²) in [6.45, 7) is 3.95. The van der Waals surface area contributed by atoms with Gasteiger partial charge >= 0.3 is 11.9 Å². The van der Waals surface area contributed by atoms with Crippen LogP contribution in [0.5, 0.6) is 5.75 Å². The van der Waals surface area contributed by atoms with Crippen molar-refractivity contribution in [3.8, 4) is 5.75 Å². The SMILES string of the molecule is C.CCCNCCOc1cc(F)cc(S(C)(=O)=O)c1.O=C(O)[C@H](O)[C@@H](O)C(=O)O. The number of benzene rings is 1. The minimum atomic E-state index is -3.42. The number of halogens is 1. The van der Waals surface area contributed by atoms with Crippen LogP contribution in [-0.4, -0.2) is 78.9 Å². The maximum Gasteiger partial charge on any atom is 0.335 e. The number of rotatable bonds is 10. The van der Waals surface area contributed by atoms with Crippen molar-refractivity contribution in [3.63, 3.8) is 0 Å². The van der Waals surface area contributed by atoms with Crippen LogP contribution in [-0.2, 0) is 19.4 Å². The van der Waals surface area contributed by atoms with E-state index in [2.05, 4.69) is 12.2 Å². The number of nitrogens with one attached hydrogen (secondary N) is 1. The Labute approximate surface area is 168 Å². The number of aliphatic hydroxyl groups excluding tert-OH is 2. The van der Waals surface area contributed by atoms with Crippen molar-refractivity contribution in [2.24, 2.45) is 0 Å². The summed E-state index contributed by atoms with van der Waals surface area (Å²) in [5.74, 6) is -3.92. The molecule has 5 N–H and O–H groups in total. The number of carboxylic acid groups (broad SMARTS) is 2. The van der Waals surface area contributed by atoms with Gasteiger partial charge in [-0.3, -0.25) is 0 Å². The lowest BCUT2D eigenvalue weighted by molar-refractivity contribution is -0.165. The second-order valence-corrected chi connectivity index (χ2v) is 7.58. The average Bonchev–Trinajstić information content (AvgIpc) is 2.59. The normalized spacial score (nSPS) is 12.6. The van der Waals surface area contributed by atoms with Crippen LogP contribution in [0.1, 0.15) is 20.8 Å². The Morgan fingerprint density at radius 2 is 1.62 bits per heavy atom. The van der Waals surface area contributed by atoms with Crippen molar-refractivity contribution >= 4 is 21.8 Å². The van der Waals surface area contributed by atoms with Gasteiger partial charge in [-0.1, -0.05) is 14.4 Å². The Hall–Kier alpha value is -2.28. The summed E-state index contributed by atoms with van der Waals surface area (Å²) in [6.07, 6.45) is -2.47. The highest BCUT2D eigenvalue weighted by atomic mass is 32.2. The second-order valence-electron chi connectivity index (χ2n) is 5.56. The zero-order valence-corrected chi connectivity index (χ0v) is 16.1. The summed E-state index contributed by atoms with van der Waals surface area (Å²) in [5, 5.41) is 35.7. The van der Waals surface area contributed by atoms with Gasteiger partial charge in [0.2, 0.25) is 0 Å². The van der Waals surface area contributed by atoms with Crippen molar-refractivity contribution < 1.29 is 47.6 Å². The average molecular weight is 441 g/mol. The Morgan fingerprint density at radius 3 is 2.03 bits per heavy atom. The molecular formula is C17H28FNO9S. The molecule has 0 spiro atoms. The van der Waals surface area contributed by atoms with E-state index in [-0.39, 0.29) is 18.1 Å². The van der Waals surface area contributed by atoms with Gasteiger partial charge in [-0.2, -0.15) is 0 Å². The first-order chi connectivity index (χ1) is 12.9. The molecule has 10 nitrogen and oxygen atoms in total. The molecule has 0 aliphatic heterocycles. The van der Waals surface area contributed by atoms with Gasteiger partial charge in [0.05, 0.1) is 4.90 Å². The Bertz CT molecular complexity index is 737. The first-order valence-electron chi connectivity index (χ1n) is 8.06. The van der Waals surface area contributed by atoms with E-state index < -0.39 is 39.8 Å². The van der Waals surface area contributed by atoms with E-state index in [4.69, 9.17) is 25.2 Å². The van der Waals surface area contributed by atoms with Gasteiger partial charge in [0, 0.05) is 18.9 Å². The van der Waals surface area contributed by atoms with E-state index in [1.807, 2.05) is 0 Å². The second kappa shape index (κ2) is 13.8. The molecule has 0 saturated carbocycles. The highest BCUT2D eigenvalue weighted by Gasteiger charge is 2.29. The van der Waals surface area contributed by atoms with E-state index in [9.17, 15) is 22.4 Å². The van der Waals surface area contributed by atoms with Crippen LogP contribution in [0.2, 0.25) is 0 Å². The minimum absolute atomic E-state index is 0. The predicted molar refractivity (Wildman–Crippen MR) is 102 cm³/mol. The van der Waals surface area contributed by atoms with Crippen LogP contribution in [0.3, 0.4) is 0 Å². The molecule has 0 aromatic heterocycles. The third kappa shape index (κ3) is 12.0. The van der Waals surface area contributed by atoms with Crippen LogP contribution >= 0.6 is 0 Å². The predicted octanol–water partition coefficient (Wildman–Crippen LogP) is 0.121. The Balaban J connectivity index is 0. The van der Waals surface area contributed by atoms with Crippen LogP contribution < -0.4 is 10.1 Å². The lowest BCUT2D eigenvalue weighted by Crippen LogP contribution is -2.39. The number of carboxylic acids is 2. The molecule has 0 unspecified atom stereocenters. The molecule has 29 heavy (non-hydrogen) atoms. The van der Waals surface area contributed by atoms with Crippen LogP contribution in [0, 0.1) is 5.82 Å². The number of aliphatic carboxylic acids is 2. The number of aliphatic hydroxyl groups is 2. The summed E-state index contributed by atoms with van der Waals surface area (Å²) in [7, 11) is -3.42. The molecule has 0 aliphatic carbocycles. The van der Waals surface area contributed by atoms with Crippen LogP contribution in [0.4, 0.5) is 4.39 Å². The molecule has 1 rings (SSSR count). The molecule has 1 aromatic carbocycles. The van der Waals surface area contributed by atoms with Crippen molar-refractivity contribution in [2.75, 3.05) is 26.0 Å². The summed E-state index contributed by atoms with van der Waals surface area (Å²) in [4.78, 5) is 19.5. The lowest BCUT2D eigenvalue weighted by Gasteiger charge is -2.08. The van der Waals surface area contributed by atoms with E-state index in [0.717, 1.165) is 25.3 Å². The standard InChI is InChI=1S/C12H18FNO3S.C4H6O6.CH4/c1-3-4-14-5-6-17-11-7-10(13)8-12(9-11)18(2,15)16;5-1(3(7)8)2(6)4(9)10;/h7-9,14H,3-6H2,1-2H3;1-2,5-6H,(H,7,8)(H,9,10);1H4/t;1-,2-;/m.1./s1. The molecule has 0 amide bonds. The zero-order chi connectivity index (χ0) is 21.9. The number of ether oxygens (including phenoxy) is 1. The molecule has 1 aromatic rings. The number of sulfone groups is 1. The summed E-state index contributed by atoms with van der Waals surface area (Å²) >= 11 is 0. The third-order valence-corrected chi connectivity index (χ3v) is 4.14. The summed E-state index contributed by atoms with van der Waals surface area (Å²) in [5.41, 5.74) is 0. The van der Waals surface area contributed by atoms with E-state index >= 15 is 0 Å². The molecule has 0 heterocycles. The maximum absolute atomic E-state index is 13.2. The van der Waals surface area contributed by atoms with Gasteiger partial charge < -0.3 is 30.5 Å². The number of carbonyl (C=O) groups is 2. The van der Waals surface area contributed by atoms with Gasteiger partial charge in [0.15, 0.2) is 22.0 Å². The first kappa shape index (κ1) is 28.9. The topological polar surface area (TPSA) is 170 Å². The minimum Gasteiger partial charge on any atom is -0.492 e. The molecular weight excluding hydrogens is 413 g/mol. The molecule has 2 atom stereocenters. The van der Waals surface area contributed by atoms with Crippen LogP contribution in [0.15, 0.2) is 23.1 Å². The highest BCUT2D eigenvalue weighted by molar-refractivity contribution is 7.90. The monoisotopic (exact) mass is 441 g/mol. The smallest absolute Gasteiger partial charge is 0.335 e. The van der Waals surface area contributed by atoms with Crippen molar-refractivity contribution in [1.82, 2.24) is 5.32 Å². The van der Waals surface area contributed by atoms with Gasteiger partial charge in [-0.05, 0) is 25.1 Å². The molecule has 0 aliphatic rings. The molecule has 0 fully saturated rings. The number of hydrogen-bond donors (Lipinski definition) is 5. The van der Waals surface area contributed by atoms with Crippen molar-refractivity contribution in [2.45, 2.75) is 37.9 Å². The molecule has 168 valence electrons. The fourth-order valence-electron chi connectivity index (χ4n) is 1.65. The van der Waals surface area contributed by atoms with Gasteiger partial charge in [0.25, 0.3) is 0 Å². The Morgan fingerprint density at radius 1 is 1.10 bits per heavy atom. The summed E-state index contributed by atoms with van der Waals surface area (Å²) < 4.78 is 41.2. The Kier molecular flexibility index (Phi) is 13.8. The zero-order valence-electron chi connectivity index (χ0n) is 15.3. The molecule has 0 bridgehead atoms.